The number of fused-ring (bicyclic) bond motifs is 3. The normalized spacial score (nSPS) is 45.0. The first-order valence-corrected chi connectivity index (χ1v) is 5.01. The molecule has 2 aliphatic carbocycles. The summed E-state index contributed by atoms with van der Waals surface area (Å²) in [7, 11) is 0. The Hall–Kier alpha value is -0.0400. The fourth-order valence-corrected chi connectivity index (χ4v) is 2.72. The van der Waals surface area contributed by atoms with Crippen LogP contribution in [0.1, 0.15) is 51.4 Å². The van der Waals surface area contributed by atoms with Crippen LogP contribution in [-0.4, -0.2) is 10.7 Å². The molecule has 2 rings (SSSR count). The molecule has 0 aromatic rings. The maximum Gasteiger partial charge on any atom is 0.0648 e. The lowest BCUT2D eigenvalue weighted by Crippen LogP contribution is -2.26. The summed E-state index contributed by atoms with van der Waals surface area (Å²) < 4.78 is 0. The van der Waals surface area contributed by atoms with Gasteiger partial charge in [0.05, 0.1) is 5.60 Å². The maximum atomic E-state index is 10.1. The lowest BCUT2D eigenvalue weighted by Gasteiger charge is -2.25. The van der Waals surface area contributed by atoms with Crippen LogP contribution in [0, 0.1) is 5.92 Å². The smallest absolute Gasteiger partial charge is 0.0648 e. The maximum absolute atomic E-state index is 10.1. The van der Waals surface area contributed by atoms with Gasteiger partial charge in [-0.05, 0) is 31.6 Å². The molecule has 0 aromatic carbocycles. The average molecular weight is 154 g/mol. The van der Waals surface area contributed by atoms with Gasteiger partial charge in [0, 0.05) is 0 Å². The first-order valence-electron chi connectivity index (χ1n) is 5.01. The molecule has 0 aliphatic heterocycles. The van der Waals surface area contributed by atoms with Gasteiger partial charge in [-0.15, -0.1) is 0 Å². The second-order valence-electron chi connectivity index (χ2n) is 4.41. The fraction of sp³-hybridized carbons (Fsp3) is 1.00. The van der Waals surface area contributed by atoms with Crippen molar-refractivity contribution in [2.45, 2.75) is 57.0 Å². The van der Waals surface area contributed by atoms with E-state index >= 15 is 0 Å². The monoisotopic (exact) mass is 154 g/mol. The first kappa shape index (κ1) is 7.60. The Morgan fingerprint density at radius 2 is 1.55 bits per heavy atom. The lowest BCUT2D eigenvalue weighted by molar-refractivity contribution is 0.0176. The summed E-state index contributed by atoms with van der Waals surface area (Å²) >= 11 is 0. The van der Waals surface area contributed by atoms with Crippen LogP contribution in [0.2, 0.25) is 0 Å². The van der Waals surface area contributed by atoms with Gasteiger partial charge >= 0.3 is 0 Å². The van der Waals surface area contributed by atoms with Crippen molar-refractivity contribution in [2.75, 3.05) is 0 Å². The molecule has 1 heteroatoms. The van der Waals surface area contributed by atoms with Crippen molar-refractivity contribution < 1.29 is 5.11 Å². The van der Waals surface area contributed by atoms with Crippen LogP contribution in [-0.2, 0) is 0 Å². The summed E-state index contributed by atoms with van der Waals surface area (Å²) in [6.07, 6.45) is 9.80. The summed E-state index contributed by atoms with van der Waals surface area (Å²) in [6, 6.07) is 0. The minimum Gasteiger partial charge on any atom is -0.390 e. The fourth-order valence-electron chi connectivity index (χ4n) is 2.72. The van der Waals surface area contributed by atoms with Gasteiger partial charge in [0.25, 0.3) is 0 Å². The van der Waals surface area contributed by atoms with E-state index in [0.717, 1.165) is 25.2 Å². The molecule has 0 unspecified atom stereocenters. The van der Waals surface area contributed by atoms with Crippen molar-refractivity contribution in [3.63, 3.8) is 0 Å². The molecule has 2 fully saturated rings. The Morgan fingerprint density at radius 3 is 2.18 bits per heavy atom. The molecule has 0 radical (unpaired) electrons. The SMILES string of the molecule is OC12CCCC(CCC1)CC2. The Kier molecular flexibility index (Phi) is 1.92. The number of aliphatic hydroxyl groups is 1. The minimum absolute atomic E-state index is 0.245. The van der Waals surface area contributed by atoms with Gasteiger partial charge in [-0.3, -0.25) is 0 Å². The highest BCUT2D eigenvalue weighted by molar-refractivity contribution is 4.86. The van der Waals surface area contributed by atoms with E-state index < -0.39 is 0 Å². The highest BCUT2D eigenvalue weighted by Crippen LogP contribution is 2.39. The van der Waals surface area contributed by atoms with E-state index in [1.54, 1.807) is 0 Å². The molecular weight excluding hydrogens is 136 g/mol. The van der Waals surface area contributed by atoms with E-state index in [1.807, 2.05) is 0 Å². The predicted molar refractivity (Wildman–Crippen MR) is 45.4 cm³/mol. The third-order valence-electron chi connectivity index (χ3n) is 3.53. The zero-order valence-corrected chi connectivity index (χ0v) is 7.18. The van der Waals surface area contributed by atoms with Crippen LogP contribution >= 0.6 is 0 Å². The molecule has 2 saturated carbocycles. The van der Waals surface area contributed by atoms with Gasteiger partial charge in [0.1, 0.15) is 0 Å². The Labute approximate surface area is 68.8 Å². The van der Waals surface area contributed by atoms with Gasteiger partial charge in [0.2, 0.25) is 0 Å². The van der Waals surface area contributed by atoms with Crippen molar-refractivity contribution in [1.82, 2.24) is 0 Å². The van der Waals surface area contributed by atoms with Crippen molar-refractivity contribution in [3.8, 4) is 0 Å². The highest BCUT2D eigenvalue weighted by atomic mass is 16.3. The van der Waals surface area contributed by atoms with Crippen molar-refractivity contribution in [3.05, 3.63) is 0 Å². The second kappa shape index (κ2) is 2.78. The van der Waals surface area contributed by atoms with Crippen molar-refractivity contribution in [2.24, 2.45) is 5.92 Å². The molecule has 0 heterocycles. The summed E-state index contributed by atoms with van der Waals surface area (Å²) in [6.45, 7) is 0. The van der Waals surface area contributed by atoms with Gasteiger partial charge < -0.3 is 5.11 Å². The largest absolute Gasteiger partial charge is 0.390 e. The van der Waals surface area contributed by atoms with Crippen LogP contribution in [0.25, 0.3) is 0 Å². The molecule has 1 nitrogen and oxygen atoms in total. The van der Waals surface area contributed by atoms with Gasteiger partial charge in [-0.1, -0.05) is 25.7 Å². The quantitative estimate of drug-likeness (QED) is 0.568. The van der Waals surface area contributed by atoms with E-state index in [0.29, 0.717) is 0 Å². The average Bonchev–Trinajstić information content (AvgIpc) is 2.19. The molecule has 11 heavy (non-hydrogen) atoms. The first-order chi connectivity index (χ1) is 5.29. The van der Waals surface area contributed by atoms with E-state index in [2.05, 4.69) is 0 Å². The van der Waals surface area contributed by atoms with Gasteiger partial charge in [-0.2, -0.15) is 0 Å². The molecule has 2 bridgehead atoms. The lowest BCUT2D eigenvalue weighted by atomic mass is 9.89. The van der Waals surface area contributed by atoms with Crippen LogP contribution < -0.4 is 0 Å². The van der Waals surface area contributed by atoms with E-state index in [-0.39, 0.29) is 5.60 Å². The molecule has 0 aromatic heterocycles. The Morgan fingerprint density at radius 1 is 0.909 bits per heavy atom. The van der Waals surface area contributed by atoms with Crippen LogP contribution in [0.4, 0.5) is 0 Å². The number of rotatable bonds is 0. The Balaban J connectivity index is 2.10. The summed E-state index contributed by atoms with van der Waals surface area (Å²) in [5.74, 6) is 0.950. The third kappa shape index (κ3) is 1.58. The minimum atomic E-state index is -0.245. The van der Waals surface area contributed by atoms with Crippen LogP contribution in [0.5, 0.6) is 0 Å². The molecule has 2 aliphatic rings. The summed E-state index contributed by atoms with van der Waals surface area (Å²) in [5.41, 5.74) is -0.245. The predicted octanol–water partition coefficient (Wildman–Crippen LogP) is 2.48. The zero-order valence-electron chi connectivity index (χ0n) is 7.18. The zero-order chi connectivity index (χ0) is 7.73. The van der Waals surface area contributed by atoms with E-state index in [4.69, 9.17) is 0 Å². The molecular formula is C10H18O. The third-order valence-corrected chi connectivity index (χ3v) is 3.53. The summed E-state index contributed by atoms with van der Waals surface area (Å²) in [5, 5.41) is 10.1. The molecule has 1 N–H and O–H groups in total. The molecule has 0 atom stereocenters. The summed E-state index contributed by atoms with van der Waals surface area (Å²) in [4.78, 5) is 0. The number of hydrogen-bond acceptors (Lipinski definition) is 1. The van der Waals surface area contributed by atoms with Gasteiger partial charge in [-0.25, -0.2) is 0 Å². The molecule has 0 saturated heterocycles. The molecule has 0 spiro atoms. The highest BCUT2D eigenvalue weighted by Gasteiger charge is 2.33. The van der Waals surface area contributed by atoms with Crippen LogP contribution in [0.15, 0.2) is 0 Å². The Bertz CT molecular complexity index is 132. The van der Waals surface area contributed by atoms with E-state index in [9.17, 15) is 5.11 Å². The standard InChI is InChI=1S/C10H18O/c11-10-6-1-3-9(5-8-10)4-2-7-10/h9,11H,1-8H2. The molecule has 64 valence electrons. The van der Waals surface area contributed by atoms with Gasteiger partial charge in [0.15, 0.2) is 0 Å². The van der Waals surface area contributed by atoms with Crippen LogP contribution in [0.3, 0.4) is 0 Å². The topological polar surface area (TPSA) is 20.2 Å². The second-order valence-corrected chi connectivity index (χ2v) is 4.41. The van der Waals surface area contributed by atoms with E-state index in [1.165, 1.54) is 32.1 Å². The van der Waals surface area contributed by atoms with Crippen molar-refractivity contribution >= 4 is 0 Å². The number of hydrogen-bond donors (Lipinski definition) is 1. The molecule has 0 amide bonds. The van der Waals surface area contributed by atoms with Crippen molar-refractivity contribution in [1.29, 1.82) is 0 Å².